The third kappa shape index (κ3) is 6.62. The lowest BCUT2D eigenvalue weighted by molar-refractivity contribution is -0.147. The molecule has 1 fully saturated rings. The van der Waals surface area contributed by atoms with Gasteiger partial charge in [0.15, 0.2) is 0 Å². The van der Waals surface area contributed by atoms with Gasteiger partial charge in [0.25, 0.3) is 0 Å². The molecule has 4 atom stereocenters. The summed E-state index contributed by atoms with van der Waals surface area (Å²) in [4.78, 5) is 6.10. The maximum atomic E-state index is 10.4. The summed E-state index contributed by atoms with van der Waals surface area (Å²) < 4.78 is 5.56. The minimum Gasteiger partial charge on any atom is -0.394 e. The Balaban J connectivity index is 2.06. The SMILES string of the molecule is OC[C@@H](O)[C@H]1OCCCCCCN(Cc2ccncc2)C[C@@H](O)[C@H]1O. The molecule has 1 aromatic rings. The summed E-state index contributed by atoms with van der Waals surface area (Å²) in [5, 5.41) is 40.0. The van der Waals surface area contributed by atoms with E-state index in [0.29, 0.717) is 13.2 Å². The Morgan fingerprint density at radius 1 is 1.16 bits per heavy atom. The number of ether oxygens (including phenoxy) is 1. The average Bonchev–Trinajstić information content (AvgIpc) is 2.62. The number of hydrogen-bond donors (Lipinski definition) is 4. The van der Waals surface area contributed by atoms with Crippen LogP contribution in [0.2, 0.25) is 0 Å². The molecule has 1 saturated heterocycles. The van der Waals surface area contributed by atoms with Gasteiger partial charge < -0.3 is 25.2 Å². The molecule has 4 N–H and O–H groups in total. The Kier molecular flexibility index (Phi) is 8.74. The summed E-state index contributed by atoms with van der Waals surface area (Å²) in [5.41, 5.74) is 1.09. The fourth-order valence-electron chi connectivity index (χ4n) is 3.12. The molecule has 0 saturated carbocycles. The molecule has 1 aromatic heterocycles. The van der Waals surface area contributed by atoms with Crippen LogP contribution in [0.4, 0.5) is 0 Å². The Morgan fingerprint density at radius 2 is 1.88 bits per heavy atom. The number of aliphatic hydroxyl groups excluding tert-OH is 4. The topological polar surface area (TPSA) is 106 Å². The minimum atomic E-state index is -1.26. The largest absolute Gasteiger partial charge is 0.394 e. The summed E-state index contributed by atoms with van der Waals surface area (Å²) in [6.07, 6.45) is 2.80. The van der Waals surface area contributed by atoms with Gasteiger partial charge in [-0.15, -0.1) is 0 Å². The molecule has 2 heterocycles. The molecule has 0 aliphatic carbocycles. The van der Waals surface area contributed by atoms with Crippen LogP contribution in [0.5, 0.6) is 0 Å². The van der Waals surface area contributed by atoms with Crippen LogP contribution in [0.3, 0.4) is 0 Å². The van der Waals surface area contributed by atoms with Crippen molar-refractivity contribution in [3.63, 3.8) is 0 Å². The summed E-state index contributed by atoms with van der Waals surface area (Å²) >= 11 is 0. The maximum Gasteiger partial charge on any atom is 0.114 e. The van der Waals surface area contributed by atoms with Gasteiger partial charge in [-0.2, -0.15) is 0 Å². The van der Waals surface area contributed by atoms with Gasteiger partial charge in [-0.3, -0.25) is 9.88 Å². The molecule has 0 radical (unpaired) electrons. The number of hydrogen-bond acceptors (Lipinski definition) is 7. The van der Waals surface area contributed by atoms with Crippen LogP contribution in [-0.4, -0.2) is 81.0 Å². The van der Waals surface area contributed by atoms with Gasteiger partial charge in [-0.05, 0) is 37.1 Å². The average molecular weight is 354 g/mol. The summed E-state index contributed by atoms with van der Waals surface area (Å²) in [6, 6.07) is 3.86. The van der Waals surface area contributed by atoms with Crippen molar-refractivity contribution in [3.8, 4) is 0 Å². The molecular weight excluding hydrogens is 324 g/mol. The summed E-state index contributed by atoms with van der Waals surface area (Å²) in [6.45, 7) is 1.61. The molecule has 7 nitrogen and oxygen atoms in total. The Hall–Kier alpha value is -1.09. The normalized spacial score (nSPS) is 28.7. The molecule has 0 spiro atoms. The molecular formula is C18H30N2O5. The van der Waals surface area contributed by atoms with E-state index in [2.05, 4.69) is 9.88 Å². The third-order valence-electron chi connectivity index (χ3n) is 4.58. The minimum absolute atomic E-state index is 0.265. The molecule has 0 aromatic carbocycles. The summed E-state index contributed by atoms with van der Waals surface area (Å²) in [7, 11) is 0. The van der Waals surface area contributed by atoms with E-state index in [9.17, 15) is 20.4 Å². The molecule has 0 unspecified atom stereocenters. The third-order valence-corrected chi connectivity index (χ3v) is 4.58. The second kappa shape index (κ2) is 10.8. The number of aromatic nitrogens is 1. The maximum absolute atomic E-state index is 10.4. The van der Waals surface area contributed by atoms with Crippen molar-refractivity contribution in [1.82, 2.24) is 9.88 Å². The zero-order valence-electron chi connectivity index (χ0n) is 14.6. The van der Waals surface area contributed by atoms with E-state index in [1.807, 2.05) is 12.1 Å². The molecule has 25 heavy (non-hydrogen) atoms. The van der Waals surface area contributed by atoms with E-state index in [0.717, 1.165) is 37.8 Å². The predicted molar refractivity (Wildman–Crippen MR) is 92.8 cm³/mol. The first-order valence-electron chi connectivity index (χ1n) is 8.99. The Labute approximate surface area is 148 Å². The van der Waals surface area contributed by atoms with Crippen LogP contribution >= 0.6 is 0 Å². The van der Waals surface area contributed by atoms with Crippen molar-refractivity contribution in [3.05, 3.63) is 30.1 Å². The Bertz CT molecular complexity index is 476. The van der Waals surface area contributed by atoms with Crippen molar-refractivity contribution in [2.75, 3.05) is 26.3 Å². The van der Waals surface area contributed by atoms with Crippen molar-refractivity contribution in [1.29, 1.82) is 0 Å². The molecule has 1 aliphatic rings. The van der Waals surface area contributed by atoms with E-state index in [-0.39, 0.29) is 6.54 Å². The second-order valence-electron chi connectivity index (χ2n) is 6.65. The van der Waals surface area contributed by atoms with Crippen LogP contribution < -0.4 is 0 Å². The summed E-state index contributed by atoms with van der Waals surface area (Å²) in [5.74, 6) is 0. The number of pyridine rings is 1. The zero-order valence-corrected chi connectivity index (χ0v) is 14.6. The van der Waals surface area contributed by atoms with Crippen molar-refractivity contribution < 1.29 is 25.2 Å². The number of β-amino-alcohol motifs (C(OH)–C–C–N with tert-alkyl or cyclic N) is 1. The van der Waals surface area contributed by atoms with E-state index in [1.54, 1.807) is 12.4 Å². The van der Waals surface area contributed by atoms with Gasteiger partial charge in [0, 0.05) is 32.1 Å². The lowest BCUT2D eigenvalue weighted by Gasteiger charge is -2.33. The molecule has 7 heteroatoms. The van der Waals surface area contributed by atoms with Gasteiger partial charge in [0.2, 0.25) is 0 Å². The molecule has 0 bridgehead atoms. The van der Waals surface area contributed by atoms with Crippen LogP contribution in [0.25, 0.3) is 0 Å². The van der Waals surface area contributed by atoms with Crippen LogP contribution in [0.15, 0.2) is 24.5 Å². The molecule has 2 rings (SSSR count). The number of aliphatic hydroxyl groups is 4. The monoisotopic (exact) mass is 354 g/mol. The van der Waals surface area contributed by atoms with E-state index in [1.165, 1.54) is 0 Å². The van der Waals surface area contributed by atoms with Gasteiger partial charge in [0.05, 0.1) is 12.7 Å². The molecule has 1 aliphatic heterocycles. The fraction of sp³-hybridized carbons (Fsp3) is 0.722. The first kappa shape index (κ1) is 20.2. The highest BCUT2D eigenvalue weighted by Gasteiger charge is 2.33. The van der Waals surface area contributed by atoms with Crippen molar-refractivity contribution >= 4 is 0 Å². The van der Waals surface area contributed by atoms with Gasteiger partial charge >= 0.3 is 0 Å². The van der Waals surface area contributed by atoms with Crippen LogP contribution in [0, 0.1) is 0 Å². The highest BCUT2D eigenvalue weighted by Crippen LogP contribution is 2.15. The van der Waals surface area contributed by atoms with Gasteiger partial charge in [-0.1, -0.05) is 12.8 Å². The standard InChI is InChI=1S/C18H30N2O5/c21-13-16(23)18-17(24)15(22)12-20(9-3-1-2-4-10-25-18)11-14-5-7-19-8-6-14/h5-8,15-18,21-24H,1-4,9-13H2/t15-,16-,17-,18-/m1/s1. The smallest absolute Gasteiger partial charge is 0.114 e. The van der Waals surface area contributed by atoms with E-state index >= 15 is 0 Å². The van der Waals surface area contributed by atoms with Gasteiger partial charge in [0.1, 0.15) is 18.3 Å². The Morgan fingerprint density at radius 3 is 2.60 bits per heavy atom. The molecule has 0 amide bonds. The molecule has 142 valence electrons. The van der Waals surface area contributed by atoms with Crippen molar-refractivity contribution in [2.45, 2.75) is 56.6 Å². The number of nitrogens with zero attached hydrogens (tertiary/aromatic N) is 2. The van der Waals surface area contributed by atoms with Crippen LogP contribution in [-0.2, 0) is 11.3 Å². The van der Waals surface area contributed by atoms with E-state index in [4.69, 9.17) is 4.74 Å². The van der Waals surface area contributed by atoms with Crippen molar-refractivity contribution in [2.24, 2.45) is 0 Å². The number of rotatable bonds is 4. The fourth-order valence-corrected chi connectivity index (χ4v) is 3.12. The predicted octanol–water partition coefficient (Wildman–Crippen LogP) is -0.0822. The lowest BCUT2D eigenvalue weighted by Crippen LogP contribution is -2.51. The zero-order chi connectivity index (χ0) is 18.1. The van der Waals surface area contributed by atoms with Gasteiger partial charge in [-0.25, -0.2) is 0 Å². The first-order valence-corrected chi connectivity index (χ1v) is 8.99. The first-order chi connectivity index (χ1) is 12.1. The lowest BCUT2D eigenvalue weighted by atomic mass is 10.0. The highest BCUT2D eigenvalue weighted by molar-refractivity contribution is 5.09. The highest BCUT2D eigenvalue weighted by atomic mass is 16.5. The van der Waals surface area contributed by atoms with E-state index < -0.39 is 31.0 Å². The van der Waals surface area contributed by atoms with Crippen LogP contribution in [0.1, 0.15) is 31.2 Å². The second-order valence-corrected chi connectivity index (χ2v) is 6.65. The quantitative estimate of drug-likeness (QED) is 0.599.